The summed E-state index contributed by atoms with van der Waals surface area (Å²) >= 11 is 0. The first kappa shape index (κ1) is 20.4. The molecule has 0 atom stereocenters. The highest BCUT2D eigenvalue weighted by Crippen LogP contribution is 2.33. The Balaban J connectivity index is 1.90. The highest BCUT2D eigenvalue weighted by atomic mass is 16.5. The van der Waals surface area contributed by atoms with Crippen LogP contribution < -0.4 is 15.0 Å². The fourth-order valence-corrected chi connectivity index (χ4v) is 3.44. The normalized spacial score (nSPS) is 11.4. The molecule has 4 aromatic rings. The molecule has 0 bridgehead atoms. The van der Waals surface area contributed by atoms with Gasteiger partial charge in [0.1, 0.15) is 5.82 Å². The van der Waals surface area contributed by atoms with Crippen LogP contribution in [0, 0.1) is 0 Å². The van der Waals surface area contributed by atoms with Crippen LogP contribution in [0.5, 0.6) is 11.5 Å². The van der Waals surface area contributed by atoms with Gasteiger partial charge in [0, 0.05) is 5.56 Å². The summed E-state index contributed by atoms with van der Waals surface area (Å²) in [5.41, 5.74) is 2.15. The fraction of sp³-hybridized carbons (Fsp3) is 0.154. The molecular weight excluding hydrogens is 388 g/mol. The molecule has 0 unspecified atom stereocenters. The molecule has 5 nitrogen and oxygen atoms in total. The van der Waals surface area contributed by atoms with E-state index in [4.69, 9.17) is 14.5 Å². The molecular formula is C26H24N2O3. The average Bonchev–Trinajstić information content (AvgIpc) is 2.78. The Morgan fingerprint density at radius 1 is 0.903 bits per heavy atom. The molecule has 4 rings (SSSR count). The summed E-state index contributed by atoms with van der Waals surface area (Å²) in [4.78, 5) is 18.1. The molecule has 0 saturated carbocycles. The summed E-state index contributed by atoms with van der Waals surface area (Å²) in [6, 6.07) is 22.6. The van der Waals surface area contributed by atoms with Crippen LogP contribution in [0.2, 0.25) is 0 Å². The molecule has 5 heteroatoms. The van der Waals surface area contributed by atoms with Crippen LogP contribution in [0.15, 0.2) is 77.6 Å². The molecule has 1 aromatic heterocycles. The number of fused-ring (bicyclic) bond motifs is 1. The lowest BCUT2D eigenvalue weighted by Gasteiger charge is -2.16. The van der Waals surface area contributed by atoms with Crippen molar-refractivity contribution >= 4 is 23.1 Å². The summed E-state index contributed by atoms with van der Waals surface area (Å²) in [6.07, 6.45) is 3.73. The second kappa shape index (κ2) is 8.88. The first-order valence-electron chi connectivity index (χ1n) is 10.2. The van der Waals surface area contributed by atoms with Gasteiger partial charge in [-0.1, -0.05) is 42.5 Å². The topological polar surface area (TPSA) is 53.3 Å². The Bertz CT molecular complexity index is 1290. The zero-order valence-corrected chi connectivity index (χ0v) is 17.8. The highest BCUT2D eigenvalue weighted by molar-refractivity contribution is 5.80. The van der Waals surface area contributed by atoms with Gasteiger partial charge in [-0.15, -0.1) is 0 Å². The van der Waals surface area contributed by atoms with Gasteiger partial charge in [-0.2, -0.15) is 0 Å². The van der Waals surface area contributed by atoms with E-state index in [1.165, 1.54) is 0 Å². The maximum Gasteiger partial charge on any atom is 0.266 e. The number of para-hydroxylation sites is 3. The van der Waals surface area contributed by atoms with Gasteiger partial charge in [0.15, 0.2) is 11.5 Å². The van der Waals surface area contributed by atoms with Crippen LogP contribution in [-0.4, -0.2) is 22.8 Å². The lowest BCUT2D eigenvalue weighted by Crippen LogP contribution is -2.22. The molecule has 0 saturated heterocycles. The van der Waals surface area contributed by atoms with E-state index in [0.29, 0.717) is 28.2 Å². The predicted octanol–water partition coefficient (Wildman–Crippen LogP) is 5.35. The van der Waals surface area contributed by atoms with Crippen molar-refractivity contribution in [3.63, 3.8) is 0 Å². The molecule has 3 aromatic carbocycles. The van der Waals surface area contributed by atoms with Crippen LogP contribution in [0.25, 0.3) is 28.7 Å². The van der Waals surface area contributed by atoms with Crippen molar-refractivity contribution in [1.82, 2.24) is 9.55 Å². The van der Waals surface area contributed by atoms with E-state index in [0.717, 1.165) is 11.3 Å². The van der Waals surface area contributed by atoms with E-state index in [9.17, 15) is 4.79 Å². The van der Waals surface area contributed by atoms with Crippen molar-refractivity contribution in [2.75, 3.05) is 7.11 Å². The Morgan fingerprint density at radius 3 is 2.39 bits per heavy atom. The largest absolute Gasteiger partial charge is 0.493 e. The minimum atomic E-state index is -0.110. The third kappa shape index (κ3) is 4.21. The summed E-state index contributed by atoms with van der Waals surface area (Å²) in [5, 5.41) is 0.578. The summed E-state index contributed by atoms with van der Waals surface area (Å²) < 4.78 is 13.1. The number of benzene rings is 3. The predicted molar refractivity (Wildman–Crippen MR) is 125 cm³/mol. The molecule has 0 radical (unpaired) electrons. The van der Waals surface area contributed by atoms with Gasteiger partial charge >= 0.3 is 0 Å². The maximum atomic E-state index is 13.3. The van der Waals surface area contributed by atoms with Crippen LogP contribution in [0.1, 0.15) is 25.2 Å². The number of aromatic nitrogens is 2. The van der Waals surface area contributed by atoms with Crippen molar-refractivity contribution in [2.24, 2.45) is 0 Å². The minimum Gasteiger partial charge on any atom is -0.493 e. The second-order valence-electron chi connectivity index (χ2n) is 7.34. The van der Waals surface area contributed by atoms with Crippen molar-refractivity contribution in [1.29, 1.82) is 0 Å². The molecule has 0 spiro atoms. The Hall–Kier alpha value is -3.86. The Labute approximate surface area is 181 Å². The van der Waals surface area contributed by atoms with Crippen molar-refractivity contribution in [2.45, 2.75) is 20.0 Å². The Morgan fingerprint density at radius 2 is 1.65 bits per heavy atom. The third-order valence-electron chi connectivity index (χ3n) is 4.81. The lowest BCUT2D eigenvalue weighted by atomic mass is 10.1. The molecule has 0 fully saturated rings. The van der Waals surface area contributed by atoms with Crippen LogP contribution >= 0.6 is 0 Å². The van der Waals surface area contributed by atoms with E-state index in [-0.39, 0.29) is 11.7 Å². The Kier molecular flexibility index (Phi) is 5.85. The van der Waals surface area contributed by atoms with Gasteiger partial charge in [0.25, 0.3) is 5.56 Å². The molecule has 1 heterocycles. The van der Waals surface area contributed by atoms with Gasteiger partial charge in [0.2, 0.25) is 0 Å². The first-order valence-corrected chi connectivity index (χ1v) is 10.2. The summed E-state index contributed by atoms with van der Waals surface area (Å²) in [5.74, 6) is 1.85. The molecule has 31 heavy (non-hydrogen) atoms. The minimum absolute atomic E-state index is 0.00950. The SMILES string of the molecule is COc1cccc(C=Cc2nc3ccccc3c(=O)n2-c2ccccc2)c1OC(C)C. The van der Waals surface area contributed by atoms with Gasteiger partial charge in [-0.05, 0) is 56.3 Å². The van der Waals surface area contributed by atoms with Gasteiger partial charge in [-0.3, -0.25) is 9.36 Å². The van der Waals surface area contributed by atoms with Crippen molar-refractivity contribution in [3.05, 3.63) is 94.5 Å². The zero-order valence-electron chi connectivity index (χ0n) is 17.8. The quantitative estimate of drug-likeness (QED) is 0.428. The van der Waals surface area contributed by atoms with Crippen LogP contribution in [0.4, 0.5) is 0 Å². The number of hydrogen-bond acceptors (Lipinski definition) is 4. The maximum absolute atomic E-state index is 13.3. The van der Waals surface area contributed by atoms with Gasteiger partial charge in [0.05, 0.1) is 29.8 Å². The number of ether oxygens (including phenoxy) is 2. The lowest BCUT2D eigenvalue weighted by molar-refractivity contribution is 0.229. The number of nitrogens with zero attached hydrogens (tertiary/aromatic N) is 2. The number of hydrogen-bond donors (Lipinski definition) is 0. The number of methoxy groups -OCH3 is 1. The molecule has 0 aliphatic heterocycles. The van der Waals surface area contributed by atoms with E-state index >= 15 is 0 Å². The van der Waals surface area contributed by atoms with Crippen molar-refractivity contribution in [3.8, 4) is 17.2 Å². The smallest absolute Gasteiger partial charge is 0.266 e. The second-order valence-corrected chi connectivity index (χ2v) is 7.34. The number of rotatable bonds is 6. The van der Waals surface area contributed by atoms with E-state index < -0.39 is 0 Å². The van der Waals surface area contributed by atoms with Crippen LogP contribution in [0.3, 0.4) is 0 Å². The zero-order chi connectivity index (χ0) is 21.8. The molecule has 0 amide bonds. The standard InChI is InChI=1S/C26H24N2O3/c1-18(2)31-25-19(10-9-15-23(25)30-3)16-17-24-27-22-14-8-7-13-21(22)26(29)28(24)20-11-5-4-6-12-20/h4-18H,1-3H3. The van der Waals surface area contributed by atoms with Gasteiger partial charge < -0.3 is 9.47 Å². The molecule has 156 valence electrons. The van der Waals surface area contributed by atoms with E-state index in [1.807, 2.05) is 92.7 Å². The summed E-state index contributed by atoms with van der Waals surface area (Å²) in [7, 11) is 1.62. The summed E-state index contributed by atoms with van der Waals surface area (Å²) in [6.45, 7) is 3.94. The average molecular weight is 412 g/mol. The molecule has 0 aliphatic rings. The first-order chi connectivity index (χ1) is 15.1. The molecule has 0 aliphatic carbocycles. The highest BCUT2D eigenvalue weighted by Gasteiger charge is 2.13. The monoisotopic (exact) mass is 412 g/mol. The van der Waals surface area contributed by atoms with Crippen molar-refractivity contribution < 1.29 is 9.47 Å². The molecule has 0 N–H and O–H groups in total. The van der Waals surface area contributed by atoms with Gasteiger partial charge in [-0.25, -0.2) is 4.98 Å². The van der Waals surface area contributed by atoms with E-state index in [2.05, 4.69) is 0 Å². The van der Waals surface area contributed by atoms with Crippen LogP contribution in [-0.2, 0) is 0 Å². The third-order valence-corrected chi connectivity index (χ3v) is 4.81. The van der Waals surface area contributed by atoms with E-state index in [1.54, 1.807) is 17.7 Å². The fourth-order valence-electron chi connectivity index (χ4n) is 3.44.